The fraction of sp³-hybridized carbons (Fsp3) is 0.412. The van der Waals surface area contributed by atoms with Crippen molar-refractivity contribution in [3.05, 3.63) is 76.2 Å². The van der Waals surface area contributed by atoms with Crippen molar-refractivity contribution in [2.45, 2.75) is 71.5 Å². The lowest BCUT2D eigenvalue weighted by Gasteiger charge is -2.37. The van der Waals surface area contributed by atoms with Crippen LogP contribution in [0.25, 0.3) is 16.7 Å². The minimum Gasteiger partial charge on any atom is -0.482 e. The van der Waals surface area contributed by atoms with Crippen LogP contribution < -0.4 is 20.5 Å². The molecule has 1 spiro atoms. The molecular weight excluding hydrogens is 554 g/mol. The summed E-state index contributed by atoms with van der Waals surface area (Å²) in [4.78, 5) is 40.1. The van der Waals surface area contributed by atoms with Crippen molar-refractivity contribution in [3.63, 3.8) is 0 Å². The minimum atomic E-state index is -0.181. The summed E-state index contributed by atoms with van der Waals surface area (Å²) in [5.41, 5.74) is 5.72. The van der Waals surface area contributed by atoms with Gasteiger partial charge in [0.2, 0.25) is 5.95 Å². The summed E-state index contributed by atoms with van der Waals surface area (Å²) in [7, 11) is 0. The average Bonchev–Trinajstić information content (AvgIpc) is 3.74. The highest BCUT2D eigenvalue weighted by Gasteiger charge is 2.49. The number of hydrogen-bond acceptors (Lipinski definition) is 7. The lowest BCUT2D eigenvalue weighted by molar-refractivity contribution is -0.121. The third kappa shape index (κ3) is 4.77. The summed E-state index contributed by atoms with van der Waals surface area (Å²) in [6.45, 7) is 11.5. The maximum Gasteiger partial charge on any atom is 0.278 e. The topological polar surface area (TPSA) is 97.5 Å². The number of anilines is 3. The first kappa shape index (κ1) is 28.3. The van der Waals surface area contributed by atoms with Crippen LogP contribution in [0, 0.1) is 0 Å². The molecule has 2 aromatic carbocycles. The predicted molar refractivity (Wildman–Crippen MR) is 172 cm³/mol. The van der Waals surface area contributed by atoms with Crippen molar-refractivity contribution in [1.29, 1.82) is 0 Å². The third-order valence-electron chi connectivity index (χ3n) is 9.17. The van der Waals surface area contributed by atoms with E-state index < -0.39 is 0 Å². The van der Waals surface area contributed by atoms with Crippen LogP contribution in [0.2, 0.25) is 0 Å². The highest BCUT2D eigenvalue weighted by molar-refractivity contribution is 5.98. The van der Waals surface area contributed by atoms with Crippen LogP contribution in [-0.4, -0.2) is 55.9 Å². The third-order valence-corrected chi connectivity index (χ3v) is 9.17. The smallest absolute Gasteiger partial charge is 0.278 e. The number of nitrogens with zero attached hydrogens (tertiary/aromatic N) is 6. The molecule has 1 aliphatic carbocycles. The Kier molecular flexibility index (Phi) is 7.04. The number of benzene rings is 2. The molecule has 2 aromatic heterocycles. The minimum absolute atomic E-state index is 0.0207. The molecule has 228 valence electrons. The first-order valence-corrected chi connectivity index (χ1v) is 15.6. The van der Waals surface area contributed by atoms with Crippen molar-refractivity contribution in [1.82, 2.24) is 24.2 Å². The number of rotatable bonds is 8. The number of carbonyl (C=O) groups excluding carboxylic acids is 1. The number of amides is 1. The van der Waals surface area contributed by atoms with Gasteiger partial charge < -0.3 is 15.0 Å². The SMILES string of the molecule is C/C=C\Cn1c(=O)c2cnc(Nc3ccc4c(c3)C3(CC3)CN(C(C)C)C4)nc2n1-c1ccc2c(c1)N(CCC)C(=O)CO2. The Morgan fingerprint density at radius 1 is 1.14 bits per heavy atom. The zero-order chi connectivity index (χ0) is 30.6. The van der Waals surface area contributed by atoms with Gasteiger partial charge in [0.15, 0.2) is 12.3 Å². The molecule has 1 fully saturated rings. The van der Waals surface area contributed by atoms with Crippen LogP contribution in [0.5, 0.6) is 5.75 Å². The summed E-state index contributed by atoms with van der Waals surface area (Å²) in [6.07, 6.45) is 8.70. The zero-order valence-corrected chi connectivity index (χ0v) is 25.8. The standard InChI is InChI=1S/C34H39N7O3/c1-5-7-15-40-32(43)26-18-35-33(36-24-9-8-23-19-38(22(3)4)21-34(12-13-34)27(23)16-24)37-31(26)41(40)25-10-11-29-28(17-25)39(14-6-2)30(42)20-44-29/h5,7-11,16-18,22H,6,12-15,19-21H2,1-4H3,(H,35,36,37)/b7-5-. The monoisotopic (exact) mass is 593 g/mol. The van der Waals surface area contributed by atoms with Crippen LogP contribution in [0.15, 0.2) is 59.5 Å². The Bertz CT molecular complexity index is 1850. The van der Waals surface area contributed by atoms with E-state index in [1.807, 2.05) is 48.9 Å². The van der Waals surface area contributed by atoms with Crippen LogP contribution >= 0.6 is 0 Å². The van der Waals surface area contributed by atoms with Crippen molar-refractivity contribution in [3.8, 4) is 11.4 Å². The molecule has 44 heavy (non-hydrogen) atoms. The lowest BCUT2D eigenvalue weighted by atomic mass is 9.86. The number of aromatic nitrogens is 4. The second-order valence-corrected chi connectivity index (χ2v) is 12.5. The predicted octanol–water partition coefficient (Wildman–Crippen LogP) is 5.29. The Balaban J connectivity index is 1.29. The van der Waals surface area contributed by atoms with Crippen molar-refractivity contribution >= 4 is 34.3 Å². The summed E-state index contributed by atoms with van der Waals surface area (Å²) in [6, 6.07) is 12.8. The normalized spacial score (nSPS) is 17.4. The molecule has 0 saturated heterocycles. The first-order chi connectivity index (χ1) is 21.3. The van der Waals surface area contributed by atoms with Gasteiger partial charge >= 0.3 is 0 Å². The molecule has 3 aliphatic rings. The van der Waals surface area contributed by atoms with Gasteiger partial charge in [-0.1, -0.05) is 25.1 Å². The average molecular weight is 594 g/mol. The van der Waals surface area contributed by atoms with E-state index in [9.17, 15) is 9.59 Å². The van der Waals surface area contributed by atoms with Crippen LogP contribution in [0.3, 0.4) is 0 Å². The van der Waals surface area contributed by atoms with Crippen molar-refractivity contribution in [2.24, 2.45) is 0 Å². The quantitative estimate of drug-likeness (QED) is 0.277. The lowest BCUT2D eigenvalue weighted by Crippen LogP contribution is -2.41. The van der Waals surface area contributed by atoms with E-state index in [4.69, 9.17) is 9.72 Å². The van der Waals surface area contributed by atoms with Gasteiger partial charge in [-0.2, -0.15) is 4.98 Å². The number of ether oxygens (including phenoxy) is 1. The maximum atomic E-state index is 13.6. The number of fused-ring (bicyclic) bond motifs is 4. The van der Waals surface area contributed by atoms with Crippen LogP contribution in [0.4, 0.5) is 17.3 Å². The Labute approximate surface area is 256 Å². The van der Waals surface area contributed by atoms with Gasteiger partial charge in [-0.15, -0.1) is 0 Å². The number of allylic oxidation sites excluding steroid dienone is 2. The Morgan fingerprint density at radius 2 is 1.98 bits per heavy atom. The van der Waals surface area contributed by atoms with Crippen LogP contribution in [-0.2, 0) is 23.3 Å². The molecular formula is C34H39N7O3. The van der Waals surface area contributed by atoms with Gasteiger partial charge in [0.05, 0.1) is 17.9 Å². The highest BCUT2D eigenvalue weighted by Crippen LogP contribution is 2.53. The molecule has 1 N–H and O–H groups in total. The van der Waals surface area contributed by atoms with E-state index in [0.717, 1.165) is 25.2 Å². The second-order valence-electron chi connectivity index (χ2n) is 12.5. The van der Waals surface area contributed by atoms with E-state index in [0.29, 0.717) is 53.2 Å². The fourth-order valence-electron chi connectivity index (χ4n) is 6.62. The van der Waals surface area contributed by atoms with Crippen molar-refractivity contribution in [2.75, 3.05) is 29.9 Å². The number of carbonyl (C=O) groups is 1. The van der Waals surface area contributed by atoms with Gasteiger partial charge in [0.25, 0.3) is 11.5 Å². The molecule has 1 amide bonds. The largest absolute Gasteiger partial charge is 0.482 e. The van der Waals surface area contributed by atoms with Crippen molar-refractivity contribution < 1.29 is 9.53 Å². The Morgan fingerprint density at radius 3 is 2.73 bits per heavy atom. The Hall–Kier alpha value is -4.44. The maximum absolute atomic E-state index is 13.6. The van der Waals surface area contributed by atoms with E-state index in [1.165, 1.54) is 24.0 Å². The molecule has 0 radical (unpaired) electrons. The number of nitrogens with one attached hydrogen (secondary N) is 1. The first-order valence-electron chi connectivity index (χ1n) is 15.6. The van der Waals surface area contributed by atoms with Crippen LogP contribution in [0.1, 0.15) is 58.1 Å². The van der Waals surface area contributed by atoms with Gasteiger partial charge in [0.1, 0.15) is 11.1 Å². The summed E-state index contributed by atoms with van der Waals surface area (Å²) < 4.78 is 9.20. The molecule has 4 aromatic rings. The van der Waals surface area contributed by atoms with E-state index in [1.54, 1.807) is 15.8 Å². The van der Waals surface area contributed by atoms with Gasteiger partial charge in [-0.25, -0.2) is 14.3 Å². The van der Waals surface area contributed by atoms with E-state index in [-0.39, 0.29) is 23.5 Å². The summed E-state index contributed by atoms with van der Waals surface area (Å²) in [5.74, 6) is 0.988. The molecule has 0 unspecified atom stereocenters. The van der Waals surface area contributed by atoms with Gasteiger partial charge in [0, 0.05) is 43.0 Å². The molecule has 2 aliphatic heterocycles. The molecule has 0 atom stereocenters. The summed E-state index contributed by atoms with van der Waals surface area (Å²) in [5, 5.41) is 3.85. The molecule has 4 heterocycles. The van der Waals surface area contributed by atoms with E-state index >= 15 is 0 Å². The number of hydrogen-bond donors (Lipinski definition) is 1. The molecule has 1 saturated carbocycles. The van der Waals surface area contributed by atoms with Gasteiger partial charge in [-0.05, 0) is 81.5 Å². The fourth-order valence-corrected chi connectivity index (χ4v) is 6.62. The molecule has 7 rings (SSSR count). The summed E-state index contributed by atoms with van der Waals surface area (Å²) >= 11 is 0. The van der Waals surface area contributed by atoms with Gasteiger partial charge in [-0.3, -0.25) is 14.5 Å². The molecule has 10 heteroatoms. The van der Waals surface area contributed by atoms with E-state index in [2.05, 4.69) is 47.2 Å². The zero-order valence-electron chi connectivity index (χ0n) is 25.8. The second kappa shape index (κ2) is 10.9. The molecule has 10 nitrogen and oxygen atoms in total. The highest BCUT2D eigenvalue weighted by atomic mass is 16.5. The molecule has 0 bridgehead atoms.